The van der Waals surface area contributed by atoms with Crippen molar-refractivity contribution in [2.75, 3.05) is 0 Å². The van der Waals surface area contributed by atoms with Crippen molar-refractivity contribution in [2.24, 2.45) is 0 Å². The zero-order chi connectivity index (χ0) is 49.8. The fourth-order valence-electron chi connectivity index (χ4n) is 9.01. The second-order valence-corrected chi connectivity index (χ2v) is 16.5. The van der Waals surface area contributed by atoms with Crippen LogP contribution < -0.4 is 0 Å². The molecule has 70 heavy (non-hydrogen) atoms. The molecule has 0 saturated heterocycles. The van der Waals surface area contributed by atoms with E-state index in [9.17, 15) is 57.9 Å². The first-order chi connectivity index (χ1) is 33.0. The van der Waals surface area contributed by atoms with E-state index in [1.807, 2.05) is 0 Å². The van der Waals surface area contributed by atoms with Crippen molar-refractivity contribution < 1.29 is 52.7 Å². The average Bonchev–Trinajstić information content (AvgIpc) is 3.81. The summed E-state index contributed by atoms with van der Waals surface area (Å²) in [5.41, 5.74) is -4.49. The fourth-order valence-corrected chi connectivity index (χ4v) is 9.01. The predicted molar refractivity (Wildman–Crippen MR) is 239 cm³/mol. The Balaban J connectivity index is 1.28. The lowest BCUT2D eigenvalue weighted by atomic mass is 9.98. The van der Waals surface area contributed by atoms with Crippen molar-refractivity contribution in [3.8, 4) is 51.1 Å². The van der Waals surface area contributed by atoms with Gasteiger partial charge in [-0.2, -0.15) is 57.9 Å². The van der Waals surface area contributed by atoms with Gasteiger partial charge in [0.05, 0.1) is 61.3 Å². The number of aromatic nitrogens is 5. The molecule has 0 fully saturated rings. The highest BCUT2D eigenvalue weighted by Crippen LogP contribution is 2.45. The van der Waals surface area contributed by atoms with Gasteiger partial charge in [-0.3, -0.25) is 0 Å². The summed E-state index contributed by atoms with van der Waals surface area (Å²) in [4.78, 5) is 13.6. The second-order valence-electron chi connectivity index (χ2n) is 16.5. The standard InChI is InChI=1S/C52H28F12N6/c1-26-66-27(2)68-48(67-26)41-24-44(69-42-9-5-3-7-37(42)39-13-11-28(19-45(39)69)30-15-33(49(53,54)55)22-34(16-30)50(56,57)58)32(25-65)21-47(41)70-43-10-6-4-8-38(43)40-14-12-29(20-46(40)70)31-17-35(51(59,60)61)23-36(18-31)52(62,63)64/h3-24H,1-2H3. The molecule has 3 heterocycles. The minimum absolute atomic E-state index is 0.00268. The second kappa shape index (κ2) is 15.9. The predicted octanol–water partition coefficient (Wildman–Crippen LogP) is 15.6. The Morgan fingerprint density at radius 3 is 1.19 bits per heavy atom. The minimum Gasteiger partial charge on any atom is -0.308 e. The summed E-state index contributed by atoms with van der Waals surface area (Å²) in [7, 11) is 0. The Kier molecular flexibility index (Phi) is 10.4. The number of halogens is 12. The number of hydrogen-bond acceptors (Lipinski definition) is 4. The highest BCUT2D eigenvalue weighted by atomic mass is 19.4. The van der Waals surface area contributed by atoms with E-state index in [1.165, 1.54) is 30.3 Å². The zero-order valence-corrected chi connectivity index (χ0v) is 35.9. The molecule has 0 aliphatic heterocycles. The minimum atomic E-state index is -5.12. The van der Waals surface area contributed by atoms with Crippen molar-refractivity contribution in [3.05, 3.63) is 173 Å². The van der Waals surface area contributed by atoms with E-state index in [-0.39, 0.29) is 74.4 Å². The van der Waals surface area contributed by atoms with E-state index >= 15 is 0 Å². The van der Waals surface area contributed by atoms with Crippen molar-refractivity contribution in [1.29, 1.82) is 5.26 Å². The molecular weight excluding hydrogens is 937 g/mol. The first-order valence-electron chi connectivity index (χ1n) is 20.9. The van der Waals surface area contributed by atoms with Gasteiger partial charge in [0.25, 0.3) is 0 Å². The molecule has 18 heteroatoms. The molecule has 350 valence electrons. The normalized spacial score (nSPS) is 12.7. The molecular formula is C52H28F12N6. The van der Waals surface area contributed by atoms with Crippen LogP contribution in [0, 0.1) is 25.2 Å². The lowest BCUT2D eigenvalue weighted by Gasteiger charge is -2.19. The van der Waals surface area contributed by atoms with Gasteiger partial charge in [-0.05, 0) is 109 Å². The summed E-state index contributed by atoms with van der Waals surface area (Å²) in [5.74, 6) is 0.662. The third-order valence-electron chi connectivity index (χ3n) is 12.0. The monoisotopic (exact) mass is 964 g/mol. The van der Waals surface area contributed by atoms with Gasteiger partial charge in [-0.15, -0.1) is 0 Å². The van der Waals surface area contributed by atoms with Gasteiger partial charge in [0.1, 0.15) is 17.7 Å². The molecule has 0 unspecified atom stereocenters. The molecule has 0 spiro atoms. The molecule has 0 bridgehead atoms. The fraction of sp³-hybridized carbons (Fsp3) is 0.115. The molecule has 6 nitrogen and oxygen atoms in total. The number of benzene rings is 7. The number of nitrogens with zero attached hydrogens (tertiary/aromatic N) is 6. The smallest absolute Gasteiger partial charge is 0.308 e. The van der Waals surface area contributed by atoms with Gasteiger partial charge in [-0.25, -0.2) is 15.0 Å². The van der Waals surface area contributed by atoms with E-state index < -0.39 is 47.0 Å². The number of hydrogen-bond donors (Lipinski definition) is 0. The lowest BCUT2D eigenvalue weighted by Crippen LogP contribution is -2.11. The van der Waals surface area contributed by atoms with Crippen molar-refractivity contribution in [1.82, 2.24) is 24.1 Å². The van der Waals surface area contributed by atoms with Crippen molar-refractivity contribution in [3.63, 3.8) is 0 Å². The Hall–Kier alpha value is -8.20. The summed E-state index contributed by atoms with van der Waals surface area (Å²) in [6.45, 7) is 3.23. The summed E-state index contributed by atoms with van der Waals surface area (Å²) in [6.07, 6.45) is -20.5. The van der Waals surface area contributed by atoms with E-state index in [1.54, 1.807) is 89.7 Å². The van der Waals surface area contributed by atoms with Gasteiger partial charge in [0.2, 0.25) is 0 Å². The van der Waals surface area contributed by atoms with Gasteiger partial charge in [0.15, 0.2) is 5.82 Å². The third-order valence-corrected chi connectivity index (χ3v) is 12.0. The van der Waals surface area contributed by atoms with Crippen molar-refractivity contribution >= 4 is 43.6 Å². The number of nitriles is 1. The number of para-hydroxylation sites is 2. The highest BCUT2D eigenvalue weighted by Gasteiger charge is 2.39. The molecule has 0 N–H and O–H groups in total. The van der Waals surface area contributed by atoms with Gasteiger partial charge in [-0.1, -0.05) is 60.7 Å². The number of fused-ring (bicyclic) bond motifs is 6. The maximum atomic E-state index is 14.1. The van der Waals surface area contributed by atoms with E-state index in [4.69, 9.17) is 0 Å². The molecule has 0 saturated carbocycles. The van der Waals surface area contributed by atoms with Crippen LogP contribution in [0.25, 0.3) is 88.6 Å². The van der Waals surface area contributed by atoms with E-state index in [0.29, 0.717) is 67.9 Å². The molecule has 0 amide bonds. The Labute approximate surface area is 387 Å². The van der Waals surface area contributed by atoms with Crippen LogP contribution in [-0.4, -0.2) is 24.1 Å². The summed E-state index contributed by atoms with van der Waals surface area (Å²) in [6, 6.07) is 30.7. The first-order valence-corrected chi connectivity index (χ1v) is 20.9. The summed E-state index contributed by atoms with van der Waals surface area (Å²) >= 11 is 0. The Morgan fingerprint density at radius 2 is 0.786 bits per heavy atom. The van der Waals surface area contributed by atoms with Gasteiger partial charge in [0, 0.05) is 27.1 Å². The van der Waals surface area contributed by atoms with Crippen LogP contribution in [0.2, 0.25) is 0 Å². The number of rotatable bonds is 5. The molecule has 3 aromatic heterocycles. The molecule has 0 atom stereocenters. The molecule has 0 aliphatic rings. The largest absolute Gasteiger partial charge is 0.416 e. The van der Waals surface area contributed by atoms with Crippen LogP contribution in [0.4, 0.5) is 52.7 Å². The van der Waals surface area contributed by atoms with E-state index in [2.05, 4.69) is 21.0 Å². The number of alkyl halides is 12. The summed E-state index contributed by atoms with van der Waals surface area (Å²) in [5, 5.41) is 13.4. The molecule has 7 aromatic carbocycles. The van der Waals surface area contributed by atoms with Crippen LogP contribution in [0.15, 0.2) is 133 Å². The lowest BCUT2D eigenvalue weighted by molar-refractivity contribution is -0.144. The van der Waals surface area contributed by atoms with Gasteiger partial charge >= 0.3 is 24.7 Å². The first kappa shape index (κ1) is 45.6. The average molecular weight is 965 g/mol. The highest BCUT2D eigenvalue weighted by molar-refractivity contribution is 6.12. The van der Waals surface area contributed by atoms with Crippen LogP contribution in [0.5, 0.6) is 0 Å². The maximum Gasteiger partial charge on any atom is 0.416 e. The summed E-state index contributed by atoms with van der Waals surface area (Å²) < 4.78 is 172. The zero-order valence-electron chi connectivity index (χ0n) is 35.9. The quantitative estimate of drug-likeness (QED) is 0.161. The molecule has 0 radical (unpaired) electrons. The van der Waals surface area contributed by atoms with Crippen LogP contribution >= 0.6 is 0 Å². The van der Waals surface area contributed by atoms with Crippen molar-refractivity contribution in [2.45, 2.75) is 38.6 Å². The third kappa shape index (κ3) is 7.90. The topological polar surface area (TPSA) is 72.3 Å². The molecule has 10 rings (SSSR count). The van der Waals surface area contributed by atoms with Crippen LogP contribution in [0.1, 0.15) is 39.5 Å². The SMILES string of the molecule is Cc1nc(C)nc(-c2cc(-n3c4ccccc4c4ccc(-c5cc(C(F)(F)F)cc(C(F)(F)F)c5)cc43)c(C#N)cc2-n2c3ccccc3c3ccc(-c4cc(C(F)(F)F)cc(C(F)(F)F)c4)cc32)n1. The van der Waals surface area contributed by atoms with Gasteiger partial charge < -0.3 is 9.13 Å². The molecule has 0 aliphatic carbocycles. The number of aryl methyl sites for hydroxylation is 2. The van der Waals surface area contributed by atoms with E-state index in [0.717, 1.165) is 0 Å². The Bertz CT molecular complexity index is 3750. The van der Waals surface area contributed by atoms with Crippen LogP contribution in [0.3, 0.4) is 0 Å². The van der Waals surface area contributed by atoms with Crippen LogP contribution in [-0.2, 0) is 24.7 Å². The Morgan fingerprint density at radius 1 is 0.400 bits per heavy atom. The molecule has 10 aromatic rings. The maximum absolute atomic E-state index is 14.1.